The summed E-state index contributed by atoms with van der Waals surface area (Å²) in [7, 11) is 4.04. The molecule has 2 aromatic rings. The van der Waals surface area contributed by atoms with Crippen molar-refractivity contribution in [2.45, 2.75) is 97.0 Å². The van der Waals surface area contributed by atoms with Crippen LogP contribution in [0.25, 0.3) is 10.9 Å². The van der Waals surface area contributed by atoms with Crippen LogP contribution in [-0.2, 0) is 23.9 Å². The number of fused-ring (bicyclic) bond motifs is 1. The number of aryl methyl sites for hydroxylation is 1. The number of pyridine rings is 1. The molecule has 1 saturated heterocycles. The number of methoxy groups -OCH3 is 3. The van der Waals surface area contributed by atoms with Crippen molar-refractivity contribution < 1.29 is 42.9 Å². The first kappa shape index (κ1) is 36.2. The zero-order valence-electron chi connectivity index (χ0n) is 29.4. The molecule has 2 fully saturated rings. The van der Waals surface area contributed by atoms with Gasteiger partial charge in [-0.3, -0.25) is 9.59 Å². The van der Waals surface area contributed by atoms with Crippen LogP contribution >= 0.6 is 0 Å². The second-order valence-electron chi connectivity index (χ2n) is 14.5. The Morgan fingerprint density at radius 2 is 1.65 bits per heavy atom. The third kappa shape index (κ3) is 7.74. The maximum Gasteiger partial charge on any atom is 0.356 e. The van der Waals surface area contributed by atoms with Gasteiger partial charge in [0.25, 0.3) is 0 Å². The normalized spacial score (nSPS) is 19.2. The molecule has 48 heavy (non-hydrogen) atoms. The summed E-state index contributed by atoms with van der Waals surface area (Å²) in [6.07, 6.45) is 0.160. The summed E-state index contributed by atoms with van der Waals surface area (Å²) >= 11 is 0. The number of urea groups is 1. The number of rotatable bonds is 9. The molecule has 0 bridgehead atoms. The van der Waals surface area contributed by atoms with Gasteiger partial charge in [0.15, 0.2) is 5.69 Å². The third-order valence-corrected chi connectivity index (χ3v) is 8.47. The Hall–Kier alpha value is -4.62. The van der Waals surface area contributed by atoms with Gasteiger partial charge in [0.1, 0.15) is 35.2 Å². The van der Waals surface area contributed by atoms with E-state index in [1.165, 1.54) is 32.3 Å². The van der Waals surface area contributed by atoms with Gasteiger partial charge < -0.3 is 39.8 Å². The van der Waals surface area contributed by atoms with E-state index in [-0.39, 0.29) is 18.7 Å². The molecule has 1 aliphatic heterocycles. The third-order valence-electron chi connectivity index (χ3n) is 8.47. The molecule has 1 aromatic carbocycles. The molecule has 14 heteroatoms. The molecule has 0 spiro atoms. The average molecular weight is 670 g/mol. The molecule has 14 nitrogen and oxygen atoms in total. The van der Waals surface area contributed by atoms with Crippen molar-refractivity contribution in [3.63, 3.8) is 0 Å². The average Bonchev–Trinajstić information content (AvgIpc) is 3.66. The van der Waals surface area contributed by atoms with E-state index in [4.69, 9.17) is 18.9 Å². The molecule has 2 heterocycles. The number of likely N-dealkylation sites (tertiary alicyclic amines) is 1. The highest BCUT2D eigenvalue weighted by atomic mass is 16.5. The molecule has 3 N–H and O–H groups in total. The maximum atomic E-state index is 14.4. The summed E-state index contributed by atoms with van der Waals surface area (Å²) in [5.41, 5.74) is -1.31. The highest BCUT2D eigenvalue weighted by molar-refractivity contribution is 5.97. The molecule has 4 rings (SSSR count). The lowest BCUT2D eigenvalue weighted by Crippen LogP contribution is -2.61. The van der Waals surface area contributed by atoms with Crippen LogP contribution in [-0.4, -0.2) is 96.8 Å². The highest BCUT2D eigenvalue weighted by Gasteiger charge is 2.55. The summed E-state index contributed by atoms with van der Waals surface area (Å²) in [5.74, 6) is -1.40. The summed E-state index contributed by atoms with van der Waals surface area (Å²) in [5, 5.41) is 9.03. The summed E-state index contributed by atoms with van der Waals surface area (Å²) < 4.78 is 21.8. The fourth-order valence-corrected chi connectivity index (χ4v) is 5.80. The Labute approximate surface area is 280 Å². The molecule has 2 aliphatic rings. The van der Waals surface area contributed by atoms with E-state index in [2.05, 4.69) is 20.9 Å². The minimum absolute atomic E-state index is 0.00665. The first-order valence-electron chi connectivity index (χ1n) is 15.9. The van der Waals surface area contributed by atoms with Gasteiger partial charge >= 0.3 is 18.0 Å². The van der Waals surface area contributed by atoms with Crippen molar-refractivity contribution >= 4 is 40.7 Å². The van der Waals surface area contributed by atoms with Crippen molar-refractivity contribution in [1.29, 1.82) is 0 Å². The van der Waals surface area contributed by atoms with Crippen LogP contribution in [0.15, 0.2) is 18.2 Å². The number of carbonyl (C=O) groups is 5. The van der Waals surface area contributed by atoms with E-state index < -0.39 is 64.5 Å². The van der Waals surface area contributed by atoms with E-state index in [0.717, 1.165) is 0 Å². The van der Waals surface area contributed by atoms with Gasteiger partial charge in [-0.2, -0.15) is 0 Å². The first-order chi connectivity index (χ1) is 22.3. The number of hydrogen-bond acceptors (Lipinski definition) is 10. The number of aromatic nitrogens is 1. The number of nitrogens with one attached hydrogen (secondary N) is 3. The maximum absolute atomic E-state index is 14.4. The minimum Gasteiger partial charge on any atom is -0.496 e. The molecule has 1 aromatic heterocycles. The fraction of sp³-hybridized carbons (Fsp3) is 0.588. The van der Waals surface area contributed by atoms with Gasteiger partial charge in [-0.25, -0.2) is 19.4 Å². The number of nitrogens with zero attached hydrogens (tertiary/aromatic N) is 2. The molecular formula is C34H47N5O9. The fourth-order valence-electron chi connectivity index (χ4n) is 5.80. The number of carbonyl (C=O) groups excluding carboxylic acids is 5. The van der Waals surface area contributed by atoms with Crippen molar-refractivity contribution in [1.82, 2.24) is 25.8 Å². The molecule has 1 aliphatic carbocycles. The number of amides is 4. The molecule has 262 valence electrons. The van der Waals surface area contributed by atoms with Crippen LogP contribution in [0, 0.1) is 12.3 Å². The Kier molecular flexibility index (Phi) is 10.2. The monoisotopic (exact) mass is 669 g/mol. The number of ether oxygens (including phenoxy) is 4. The molecule has 4 amide bonds. The van der Waals surface area contributed by atoms with Gasteiger partial charge in [0, 0.05) is 29.0 Å². The molecule has 3 atom stereocenters. The zero-order valence-corrected chi connectivity index (χ0v) is 29.4. The van der Waals surface area contributed by atoms with Crippen molar-refractivity contribution in [3.8, 4) is 11.5 Å². The van der Waals surface area contributed by atoms with Crippen LogP contribution in [0.1, 0.15) is 76.9 Å². The van der Waals surface area contributed by atoms with Crippen molar-refractivity contribution in [2.75, 3.05) is 27.9 Å². The van der Waals surface area contributed by atoms with Gasteiger partial charge in [0.05, 0.1) is 33.4 Å². The topological polar surface area (TPSA) is 174 Å². The number of hydrogen-bond donors (Lipinski definition) is 3. The van der Waals surface area contributed by atoms with E-state index >= 15 is 0 Å². The molecule has 0 radical (unpaired) electrons. The molecular weight excluding hydrogens is 622 g/mol. The smallest absolute Gasteiger partial charge is 0.356 e. The lowest BCUT2D eigenvalue weighted by molar-refractivity contribution is -0.148. The summed E-state index contributed by atoms with van der Waals surface area (Å²) in [6.45, 7) is 12.7. The largest absolute Gasteiger partial charge is 0.496 e. The predicted molar refractivity (Wildman–Crippen MR) is 176 cm³/mol. The summed E-state index contributed by atoms with van der Waals surface area (Å²) in [6, 6.07) is 2.38. The van der Waals surface area contributed by atoms with Crippen LogP contribution in [0.3, 0.4) is 0 Å². The number of esters is 2. The lowest BCUT2D eigenvalue weighted by atomic mass is 9.85. The quantitative estimate of drug-likeness (QED) is 0.337. The van der Waals surface area contributed by atoms with E-state index in [9.17, 15) is 24.0 Å². The first-order valence-corrected chi connectivity index (χ1v) is 15.9. The van der Waals surface area contributed by atoms with Crippen LogP contribution in [0.5, 0.6) is 11.5 Å². The minimum atomic E-state index is -1.15. The molecule has 0 unspecified atom stereocenters. The van der Waals surface area contributed by atoms with Gasteiger partial charge in [0.2, 0.25) is 11.8 Å². The second-order valence-corrected chi connectivity index (χ2v) is 14.5. The summed E-state index contributed by atoms with van der Waals surface area (Å²) in [4.78, 5) is 72.2. The number of benzene rings is 1. The molecule has 1 saturated carbocycles. The van der Waals surface area contributed by atoms with Gasteiger partial charge in [-0.15, -0.1) is 0 Å². The van der Waals surface area contributed by atoms with Crippen LogP contribution in [0.4, 0.5) is 4.79 Å². The van der Waals surface area contributed by atoms with Crippen LogP contribution in [0.2, 0.25) is 0 Å². The van der Waals surface area contributed by atoms with Crippen LogP contribution < -0.4 is 25.4 Å². The van der Waals surface area contributed by atoms with Gasteiger partial charge in [-0.05, 0) is 58.1 Å². The second kappa shape index (κ2) is 13.5. The Balaban J connectivity index is 1.72. The Morgan fingerprint density at radius 1 is 0.979 bits per heavy atom. The lowest BCUT2D eigenvalue weighted by Gasteiger charge is -2.36. The zero-order chi connectivity index (χ0) is 35.8. The van der Waals surface area contributed by atoms with Gasteiger partial charge in [-0.1, -0.05) is 20.8 Å². The SMILES string of the molecule is COC(=O)c1cc(O[C@@H]2C[C@@H](C(=O)NC3(C(=O)OC)CC3)N(C(=O)[C@@H](NC(=O)NC(C)(C)C)C(C)(C)C)C2)c2ccc(OC)c(C)c2n1. The van der Waals surface area contributed by atoms with Crippen molar-refractivity contribution in [2.24, 2.45) is 5.41 Å². The van der Waals surface area contributed by atoms with E-state index in [1.54, 1.807) is 19.1 Å². The highest BCUT2D eigenvalue weighted by Crippen LogP contribution is 2.38. The van der Waals surface area contributed by atoms with E-state index in [1.807, 2.05) is 41.5 Å². The Bertz CT molecular complexity index is 1610. The van der Waals surface area contributed by atoms with Crippen molar-refractivity contribution in [3.05, 3.63) is 29.5 Å². The van der Waals surface area contributed by atoms with E-state index in [0.29, 0.717) is 40.8 Å². The predicted octanol–water partition coefficient (Wildman–Crippen LogP) is 3.02. The Morgan fingerprint density at radius 3 is 2.19 bits per heavy atom. The standard InChI is InChI=1S/C34H47N5O9/c1-18-23(45-8)12-11-20-24(16-21(29(42)46-9)35-25(18)20)48-19-15-22(27(40)37-34(13-14-34)30(43)47-10)39(17-19)28(41)26(32(2,3)4)36-31(44)38-33(5,6)7/h11-12,16,19,22,26H,13-15,17H2,1-10H3,(H,37,40)(H2,36,38,44)/t19-,22+,26-/m1/s1.